The van der Waals surface area contributed by atoms with Crippen molar-refractivity contribution < 1.29 is 29.4 Å². The smallest absolute Gasteiger partial charge is 0.257 e. The van der Waals surface area contributed by atoms with E-state index in [0.29, 0.717) is 6.08 Å². The van der Waals surface area contributed by atoms with E-state index in [2.05, 4.69) is 10.6 Å². The summed E-state index contributed by atoms with van der Waals surface area (Å²) < 4.78 is 0. The number of hydrogen-bond donors (Lipinski definition) is 2. The molecule has 26 heavy (non-hydrogen) atoms. The number of rotatable bonds is 6. The highest BCUT2D eigenvalue weighted by atomic mass is 16.4. The van der Waals surface area contributed by atoms with E-state index < -0.39 is 23.8 Å². The fraction of sp³-hybridized carbons (Fsp3) is 0. The van der Waals surface area contributed by atoms with Gasteiger partial charge in [0.25, 0.3) is 5.91 Å². The molecule has 0 aliphatic rings. The number of amides is 2. The number of benzene rings is 2. The van der Waals surface area contributed by atoms with Gasteiger partial charge >= 0.3 is 0 Å². The van der Waals surface area contributed by atoms with Gasteiger partial charge in [-0.2, -0.15) is 0 Å². The Hall–Kier alpha value is -3.94. The molecule has 0 atom stereocenters. The first kappa shape index (κ1) is 18.4. The molecular formula is C18H12N2O6-2. The molecule has 8 heteroatoms. The van der Waals surface area contributed by atoms with Crippen LogP contribution in [0.4, 0.5) is 11.4 Å². The van der Waals surface area contributed by atoms with Gasteiger partial charge in [0, 0.05) is 11.8 Å². The zero-order valence-corrected chi connectivity index (χ0v) is 13.2. The van der Waals surface area contributed by atoms with Gasteiger partial charge < -0.3 is 30.4 Å². The van der Waals surface area contributed by atoms with Crippen molar-refractivity contribution in [2.45, 2.75) is 0 Å². The Morgan fingerprint density at radius 2 is 1.58 bits per heavy atom. The highest BCUT2D eigenvalue weighted by molar-refractivity contribution is 6.11. The van der Waals surface area contributed by atoms with Crippen LogP contribution in [0.5, 0.6) is 0 Å². The van der Waals surface area contributed by atoms with E-state index in [9.17, 15) is 29.4 Å². The van der Waals surface area contributed by atoms with Crippen LogP contribution >= 0.6 is 0 Å². The van der Waals surface area contributed by atoms with Crippen molar-refractivity contribution in [3.8, 4) is 0 Å². The zero-order chi connectivity index (χ0) is 19.1. The standard InChI is InChI=1S/C18H14N2O6/c21-15(8-9-16(22)23)20-14-7-2-1-6-13(14)17(24)19-12-5-3-4-11(10-12)18(25)26/h1-10H,(H,19,24)(H,20,21)(H,22,23)(H,25,26)/p-2/b9-8+. The van der Waals surface area contributed by atoms with E-state index in [4.69, 9.17) is 0 Å². The maximum absolute atomic E-state index is 12.4. The molecule has 2 N–H and O–H groups in total. The molecule has 0 saturated carbocycles. The lowest BCUT2D eigenvalue weighted by Gasteiger charge is -2.11. The third-order valence-corrected chi connectivity index (χ3v) is 3.16. The van der Waals surface area contributed by atoms with Crippen molar-refractivity contribution in [3.05, 3.63) is 71.8 Å². The third-order valence-electron chi connectivity index (χ3n) is 3.16. The molecule has 0 saturated heterocycles. The van der Waals surface area contributed by atoms with Crippen LogP contribution in [0, 0.1) is 0 Å². The van der Waals surface area contributed by atoms with Crippen LogP contribution in [0.15, 0.2) is 60.7 Å². The largest absolute Gasteiger partial charge is 0.545 e. The summed E-state index contributed by atoms with van der Waals surface area (Å²) in [5, 5.41) is 26.1. The van der Waals surface area contributed by atoms with E-state index in [-0.39, 0.29) is 22.5 Å². The van der Waals surface area contributed by atoms with E-state index in [0.717, 1.165) is 6.08 Å². The summed E-state index contributed by atoms with van der Waals surface area (Å²) in [6, 6.07) is 11.5. The second kappa shape index (κ2) is 8.25. The van der Waals surface area contributed by atoms with E-state index in [1.165, 1.54) is 36.4 Å². The molecule has 0 unspecified atom stereocenters. The molecule has 0 aliphatic heterocycles. The number of carbonyl (C=O) groups is 4. The first-order valence-electron chi connectivity index (χ1n) is 7.28. The van der Waals surface area contributed by atoms with Crippen molar-refractivity contribution in [1.29, 1.82) is 0 Å². The molecule has 0 aliphatic carbocycles. The SMILES string of the molecule is O=C([O-])/C=C/C(=O)Nc1ccccc1C(=O)Nc1cccc(C(=O)[O-])c1. The van der Waals surface area contributed by atoms with Crippen LogP contribution in [0.1, 0.15) is 20.7 Å². The molecule has 0 radical (unpaired) electrons. The number of aromatic carboxylic acids is 1. The minimum Gasteiger partial charge on any atom is -0.545 e. The van der Waals surface area contributed by atoms with Gasteiger partial charge in [-0.25, -0.2) is 0 Å². The summed E-state index contributed by atoms with van der Waals surface area (Å²) in [5.74, 6) is -4.26. The van der Waals surface area contributed by atoms with Crippen LogP contribution in [-0.4, -0.2) is 23.8 Å². The van der Waals surface area contributed by atoms with Gasteiger partial charge in [0.2, 0.25) is 5.91 Å². The van der Waals surface area contributed by atoms with Gasteiger partial charge in [-0.1, -0.05) is 24.3 Å². The van der Waals surface area contributed by atoms with Gasteiger partial charge in [0.1, 0.15) is 0 Å². The number of carboxylic acid groups (broad SMARTS) is 2. The first-order valence-corrected chi connectivity index (χ1v) is 7.28. The first-order chi connectivity index (χ1) is 12.4. The van der Waals surface area contributed by atoms with Crippen LogP contribution in [0.25, 0.3) is 0 Å². The fourth-order valence-electron chi connectivity index (χ4n) is 2.03. The molecule has 2 amide bonds. The summed E-state index contributed by atoms with van der Waals surface area (Å²) in [6.45, 7) is 0. The Morgan fingerprint density at radius 3 is 2.27 bits per heavy atom. The summed E-state index contributed by atoms with van der Waals surface area (Å²) in [5.41, 5.74) is 0.377. The number of anilines is 2. The molecule has 0 spiro atoms. The van der Waals surface area contributed by atoms with Crippen LogP contribution in [0.3, 0.4) is 0 Å². The summed E-state index contributed by atoms with van der Waals surface area (Å²) in [7, 11) is 0. The van der Waals surface area contributed by atoms with E-state index in [1.807, 2.05) is 0 Å². The Kier molecular flexibility index (Phi) is 5.83. The van der Waals surface area contributed by atoms with Crippen molar-refractivity contribution in [1.82, 2.24) is 0 Å². The Balaban J connectivity index is 2.19. The molecule has 2 rings (SSSR count). The quantitative estimate of drug-likeness (QED) is 0.675. The average molecular weight is 352 g/mol. The summed E-state index contributed by atoms with van der Waals surface area (Å²) >= 11 is 0. The average Bonchev–Trinajstić information content (AvgIpc) is 2.60. The second-order valence-corrected chi connectivity index (χ2v) is 5.01. The lowest BCUT2D eigenvalue weighted by Crippen LogP contribution is -2.22. The Labute approximate surface area is 147 Å². The molecule has 2 aromatic rings. The lowest BCUT2D eigenvalue weighted by molar-refractivity contribution is -0.297. The molecule has 0 bridgehead atoms. The monoisotopic (exact) mass is 352 g/mol. The highest BCUT2D eigenvalue weighted by Gasteiger charge is 2.12. The topological polar surface area (TPSA) is 138 Å². The number of carboxylic acids is 2. The highest BCUT2D eigenvalue weighted by Crippen LogP contribution is 2.18. The summed E-state index contributed by atoms with van der Waals surface area (Å²) in [4.78, 5) is 45.3. The normalized spacial score (nSPS) is 10.3. The van der Waals surface area contributed by atoms with Crippen molar-refractivity contribution in [3.63, 3.8) is 0 Å². The van der Waals surface area contributed by atoms with E-state index >= 15 is 0 Å². The number of para-hydroxylation sites is 1. The second-order valence-electron chi connectivity index (χ2n) is 5.01. The molecule has 2 aromatic carbocycles. The van der Waals surface area contributed by atoms with Crippen molar-refractivity contribution in [2.24, 2.45) is 0 Å². The number of nitrogens with one attached hydrogen (secondary N) is 2. The molecule has 0 aromatic heterocycles. The van der Waals surface area contributed by atoms with Gasteiger partial charge in [0.15, 0.2) is 0 Å². The zero-order valence-electron chi connectivity index (χ0n) is 13.2. The molecule has 8 nitrogen and oxygen atoms in total. The lowest BCUT2D eigenvalue weighted by atomic mass is 10.1. The van der Waals surface area contributed by atoms with Crippen LogP contribution in [-0.2, 0) is 9.59 Å². The van der Waals surface area contributed by atoms with Gasteiger partial charge in [0.05, 0.1) is 23.2 Å². The molecular weight excluding hydrogens is 340 g/mol. The predicted octanol–water partition coefficient (Wildman–Crippen LogP) is -0.453. The van der Waals surface area contributed by atoms with E-state index in [1.54, 1.807) is 12.1 Å². The van der Waals surface area contributed by atoms with Gasteiger partial charge in [-0.15, -0.1) is 0 Å². The third kappa shape index (κ3) is 5.03. The van der Waals surface area contributed by atoms with Gasteiger partial charge in [-0.3, -0.25) is 9.59 Å². The number of carbonyl (C=O) groups excluding carboxylic acids is 4. The number of aliphatic carboxylic acids is 1. The molecule has 0 fully saturated rings. The number of hydrogen-bond acceptors (Lipinski definition) is 6. The van der Waals surface area contributed by atoms with Gasteiger partial charge in [-0.05, 0) is 35.9 Å². The predicted molar refractivity (Wildman–Crippen MR) is 87.9 cm³/mol. The molecule has 0 heterocycles. The summed E-state index contributed by atoms with van der Waals surface area (Å²) in [6.07, 6.45) is 1.32. The maximum atomic E-state index is 12.4. The molecule has 132 valence electrons. The minimum absolute atomic E-state index is 0.0987. The van der Waals surface area contributed by atoms with Crippen molar-refractivity contribution >= 4 is 35.1 Å². The van der Waals surface area contributed by atoms with Crippen molar-refractivity contribution in [2.75, 3.05) is 10.6 Å². The maximum Gasteiger partial charge on any atom is 0.257 e. The van der Waals surface area contributed by atoms with Crippen LogP contribution in [0.2, 0.25) is 0 Å². The van der Waals surface area contributed by atoms with Crippen LogP contribution < -0.4 is 20.8 Å². The minimum atomic E-state index is -1.53. The fourth-order valence-corrected chi connectivity index (χ4v) is 2.03. The Bertz CT molecular complexity index is 904. The Morgan fingerprint density at radius 1 is 0.846 bits per heavy atom.